The molecule has 0 spiro atoms. The minimum Gasteiger partial charge on any atom is -0.507 e. The summed E-state index contributed by atoms with van der Waals surface area (Å²) in [6, 6.07) is 17.8. The predicted octanol–water partition coefficient (Wildman–Crippen LogP) is 5.06. The smallest absolute Gasteiger partial charge is 0.296 e. The summed E-state index contributed by atoms with van der Waals surface area (Å²) in [4.78, 5) is 29.9. The number of rotatable bonds is 7. The molecule has 170 valence electrons. The van der Waals surface area contributed by atoms with Crippen LogP contribution in [0.3, 0.4) is 0 Å². The Balaban J connectivity index is 1.82. The quantitative estimate of drug-likeness (QED) is 0.313. The van der Waals surface area contributed by atoms with Crippen molar-refractivity contribution in [1.82, 2.24) is 4.90 Å². The molecule has 1 aromatic heterocycles. The fourth-order valence-electron chi connectivity index (χ4n) is 4.28. The van der Waals surface area contributed by atoms with Gasteiger partial charge in [-0.3, -0.25) is 9.59 Å². The first-order valence-corrected chi connectivity index (χ1v) is 11.2. The lowest BCUT2D eigenvalue weighted by Crippen LogP contribution is -2.29. The number of hydrogen-bond acceptors (Lipinski definition) is 5. The number of likely N-dealkylation sites (tertiary alicyclic amines) is 1. The molecule has 1 aliphatic rings. The molecule has 6 heteroatoms. The maximum Gasteiger partial charge on any atom is 0.296 e. The van der Waals surface area contributed by atoms with Crippen LogP contribution < -0.4 is 4.90 Å². The van der Waals surface area contributed by atoms with Gasteiger partial charge in [0, 0.05) is 24.3 Å². The highest BCUT2D eigenvalue weighted by Crippen LogP contribution is 2.40. The molecule has 0 bridgehead atoms. The minimum absolute atomic E-state index is 0.0889. The molecular weight excluding hydrogens is 416 g/mol. The van der Waals surface area contributed by atoms with Crippen molar-refractivity contribution in [3.63, 3.8) is 0 Å². The van der Waals surface area contributed by atoms with Crippen molar-refractivity contribution in [1.29, 1.82) is 0 Å². The molecule has 2 aromatic carbocycles. The monoisotopic (exact) mass is 444 g/mol. The van der Waals surface area contributed by atoms with Gasteiger partial charge in [0.2, 0.25) is 0 Å². The zero-order chi connectivity index (χ0) is 23.5. The van der Waals surface area contributed by atoms with E-state index < -0.39 is 17.7 Å². The Labute approximate surface area is 193 Å². The van der Waals surface area contributed by atoms with Crippen molar-refractivity contribution in [3.05, 3.63) is 95.0 Å². The molecular formula is C27H28N2O4. The largest absolute Gasteiger partial charge is 0.507 e. The number of furan rings is 1. The average Bonchev–Trinajstić information content (AvgIpc) is 3.43. The summed E-state index contributed by atoms with van der Waals surface area (Å²) in [6.45, 7) is 8.02. The molecule has 1 atom stereocenters. The van der Waals surface area contributed by atoms with Crippen LogP contribution in [0.15, 0.2) is 76.9 Å². The Morgan fingerprint density at radius 1 is 1.00 bits per heavy atom. The molecule has 1 N–H and O–H groups in total. The number of Topliss-reactive ketones (excluding diaryl/α,β-unsaturated/α-hetero) is 1. The number of carbonyl (C=O) groups excluding carboxylic acids is 2. The van der Waals surface area contributed by atoms with Gasteiger partial charge in [0.25, 0.3) is 11.7 Å². The highest BCUT2D eigenvalue weighted by molar-refractivity contribution is 6.46. The van der Waals surface area contributed by atoms with Crippen molar-refractivity contribution in [2.45, 2.75) is 33.4 Å². The van der Waals surface area contributed by atoms with Crippen LogP contribution in [0.4, 0.5) is 5.69 Å². The van der Waals surface area contributed by atoms with Crippen LogP contribution in [0.1, 0.15) is 42.3 Å². The van der Waals surface area contributed by atoms with Gasteiger partial charge in [0.15, 0.2) is 0 Å². The number of aryl methyl sites for hydroxylation is 1. The topological polar surface area (TPSA) is 74.0 Å². The summed E-state index contributed by atoms with van der Waals surface area (Å²) in [7, 11) is 0. The fraction of sp³-hybridized carbons (Fsp3) is 0.259. The van der Waals surface area contributed by atoms with Crippen LogP contribution in [0, 0.1) is 6.92 Å². The molecule has 0 aliphatic carbocycles. The Bertz CT molecular complexity index is 1160. The summed E-state index contributed by atoms with van der Waals surface area (Å²) >= 11 is 0. The van der Waals surface area contributed by atoms with Crippen LogP contribution in [-0.4, -0.2) is 34.8 Å². The third-order valence-electron chi connectivity index (χ3n) is 6.11. The number of aliphatic hydroxyl groups is 1. The van der Waals surface area contributed by atoms with Gasteiger partial charge in [-0.15, -0.1) is 0 Å². The number of amides is 1. The summed E-state index contributed by atoms with van der Waals surface area (Å²) in [6.07, 6.45) is 1.53. The van der Waals surface area contributed by atoms with Crippen molar-refractivity contribution < 1.29 is 19.1 Å². The first kappa shape index (κ1) is 22.4. The average molecular weight is 445 g/mol. The second kappa shape index (κ2) is 9.36. The molecule has 1 aliphatic heterocycles. The van der Waals surface area contributed by atoms with E-state index in [1.807, 2.05) is 43.3 Å². The van der Waals surface area contributed by atoms with E-state index in [0.717, 1.165) is 29.9 Å². The summed E-state index contributed by atoms with van der Waals surface area (Å²) in [5.41, 5.74) is 3.44. The SMILES string of the molecule is CCN(CC)c1ccc(C2/C(=C(\O)c3ccc(C)cc3)C(=O)C(=O)N2Cc2ccco2)cc1. The van der Waals surface area contributed by atoms with Crippen LogP contribution >= 0.6 is 0 Å². The highest BCUT2D eigenvalue weighted by atomic mass is 16.3. The van der Waals surface area contributed by atoms with Crippen LogP contribution in [0.25, 0.3) is 5.76 Å². The lowest BCUT2D eigenvalue weighted by atomic mass is 9.94. The third kappa shape index (κ3) is 4.29. The zero-order valence-electron chi connectivity index (χ0n) is 19.1. The lowest BCUT2D eigenvalue weighted by molar-refractivity contribution is -0.140. The standard InChI is InChI=1S/C27H28N2O4/c1-4-28(5-2)21-14-12-19(13-15-21)24-23(25(30)20-10-8-18(3)9-11-20)26(31)27(32)29(24)17-22-7-6-16-33-22/h6-16,24,30H,4-5,17H2,1-3H3/b25-23+. The van der Waals surface area contributed by atoms with E-state index in [4.69, 9.17) is 4.42 Å². The molecule has 0 saturated carbocycles. The predicted molar refractivity (Wildman–Crippen MR) is 128 cm³/mol. The number of carbonyl (C=O) groups is 2. The van der Waals surface area contributed by atoms with E-state index in [0.29, 0.717) is 11.3 Å². The molecule has 1 unspecified atom stereocenters. The molecule has 0 radical (unpaired) electrons. The van der Waals surface area contributed by atoms with Crippen LogP contribution in [0.2, 0.25) is 0 Å². The van der Waals surface area contributed by atoms with Gasteiger partial charge in [-0.2, -0.15) is 0 Å². The molecule has 2 heterocycles. The first-order valence-electron chi connectivity index (χ1n) is 11.2. The molecule has 6 nitrogen and oxygen atoms in total. The first-order chi connectivity index (χ1) is 15.9. The maximum atomic E-state index is 13.1. The van der Waals surface area contributed by atoms with Gasteiger partial charge in [-0.05, 0) is 50.6 Å². The number of benzene rings is 2. The minimum atomic E-state index is -0.720. The molecule has 4 rings (SSSR count). The molecule has 33 heavy (non-hydrogen) atoms. The number of ketones is 1. The zero-order valence-corrected chi connectivity index (χ0v) is 19.1. The van der Waals surface area contributed by atoms with E-state index >= 15 is 0 Å². The van der Waals surface area contributed by atoms with Gasteiger partial charge in [0.1, 0.15) is 11.5 Å². The Morgan fingerprint density at radius 3 is 2.24 bits per heavy atom. The molecule has 1 saturated heterocycles. The van der Waals surface area contributed by atoms with Gasteiger partial charge < -0.3 is 19.3 Å². The number of nitrogens with zero attached hydrogens (tertiary/aromatic N) is 2. The van der Waals surface area contributed by atoms with E-state index in [-0.39, 0.29) is 17.9 Å². The molecule has 1 fully saturated rings. The fourth-order valence-corrected chi connectivity index (χ4v) is 4.28. The Kier molecular flexibility index (Phi) is 6.36. The van der Waals surface area contributed by atoms with E-state index in [1.165, 1.54) is 11.2 Å². The van der Waals surface area contributed by atoms with Gasteiger partial charge in [-0.25, -0.2) is 0 Å². The Hall–Kier alpha value is -3.80. The van der Waals surface area contributed by atoms with E-state index in [9.17, 15) is 14.7 Å². The van der Waals surface area contributed by atoms with Gasteiger partial charge in [0.05, 0.1) is 24.4 Å². The second-order valence-electron chi connectivity index (χ2n) is 8.14. The summed E-state index contributed by atoms with van der Waals surface area (Å²) in [5.74, 6) is -0.958. The van der Waals surface area contributed by atoms with E-state index in [1.54, 1.807) is 24.3 Å². The van der Waals surface area contributed by atoms with Crippen molar-refractivity contribution in [3.8, 4) is 0 Å². The number of aliphatic hydroxyl groups excluding tert-OH is 1. The van der Waals surface area contributed by atoms with Crippen molar-refractivity contribution >= 4 is 23.1 Å². The van der Waals surface area contributed by atoms with Crippen molar-refractivity contribution in [2.24, 2.45) is 0 Å². The van der Waals surface area contributed by atoms with Crippen molar-refractivity contribution in [2.75, 3.05) is 18.0 Å². The Morgan fingerprint density at radius 2 is 1.67 bits per heavy atom. The van der Waals surface area contributed by atoms with E-state index in [2.05, 4.69) is 18.7 Å². The lowest BCUT2D eigenvalue weighted by Gasteiger charge is -2.26. The molecule has 1 amide bonds. The number of anilines is 1. The maximum absolute atomic E-state index is 13.1. The van der Waals surface area contributed by atoms with Gasteiger partial charge in [-0.1, -0.05) is 42.0 Å². The van der Waals surface area contributed by atoms with Gasteiger partial charge >= 0.3 is 0 Å². The van der Waals surface area contributed by atoms with Crippen LogP contribution in [-0.2, 0) is 16.1 Å². The molecule has 3 aromatic rings. The highest BCUT2D eigenvalue weighted by Gasteiger charge is 2.46. The number of hydrogen-bond donors (Lipinski definition) is 1. The summed E-state index contributed by atoms with van der Waals surface area (Å²) in [5, 5.41) is 11.1. The summed E-state index contributed by atoms with van der Waals surface area (Å²) < 4.78 is 5.45. The third-order valence-corrected chi connectivity index (χ3v) is 6.11. The second-order valence-corrected chi connectivity index (χ2v) is 8.14. The van der Waals surface area contributed by atoms with Crippen LogP contribution in [0.5, 0.6) is 0 Å². The normalized spacial score (nSPS) is 17.5.